The highest BCUT2D eigenvalue weighted by atomic mass is 35.5. The van der Waals surface area contributed by atoms with Gasteiger partial charge in [-0.25, -0.2) is 0 Å². The van der Waals surface area contributed by atoms with Crippen LogP contribution < -0.4 is 5.73 Å². The lowest BCUT2D eigenvalue weighted by atomic mass is 9.49. The highest BCUT2D eigenvalue weighted by Gasteiger charge is 2.50. The second-order valence-electron chi connectivity index (χ2n) is 10.5. The zero-order chi connectivity index (χ0) is 18.7. The summed E-state index contributed by atoms with van der Waals surface area (Å²) in [5, 5.41) is 8.02. The number of likely N-dealkylation sites (tertiary alicyclic amines) is 1. The third-order valence-electron chi connectivity index (χ3n) is 8.27. The number of nitrogens with two attached hydrogens (primary N) is 1. The minimum absolute atomic E-state index is 0. The lowest BCUT2D eigenvalue weighted by molar-refractivity contribution is -0.0591. The average molecular weight is 448 g/mol. The maximum Gasteiger partial charge on any atom is 0.188 e. The van der Waals surface area contributed by atoms with Crippen molar-refractivity contribution in [2.45, 2.75) is 83.5 Å². The minimum Gasteiger partial charge on any atom is -0.370 e. The Morgan fingerprint density at radius 1 is 0.862 bits per heavy atom. The summed E-state index contributed by atoms with van der Waals surface area (Å²) in [4.78, 5) is 4.80. The molecule has 29 heavy (non-hydrogen) atoms. The molecule has 1 heterocycles. The van der Waals surface area contributed by atoms with E-state index in [1.54, 1.807) is 0 Å². The van der Waals surface area contributed by atoms with Gasteiger partial charge in [-0.1, -0.05) is 12.8 Å². The van der Waals surface area contributed by atoms with Gasteiger partial charge >= 0.3 is 0 Å². The molecule has 4 bridgehead atoms. The maximum absolute atomic E-state index is 8.02. The molecule has 170 valence electrons. The molecule has 0 amide bonds. The van der Waals surface area contributed by atoms with Gasteiger partial charge in [0.1, 0.15) is 0 Å². The maximum atomic E-state index is 8.02. The van der Waals surface area contributed by atoms with Crippen LogP contribution in [0, 0.1) is 28.6 Å². The third kappa shape index (κ3) is 6.64. The number of rotatable bonds is 10. The molecule has 0 aromatic rings. The van der Waals surface area contributed by atoms with Crippen molar-refractivity contribution in [3.63, 3.8) is 0 Å². The summed E-state index contributed by atoms with van der Waals surface area (Å²) in [7, 11) is 0. The van der Waals surface area contributed by atoms with Crippen molar-refractivity contribution in [1.82, 2.24) is 9.80 Å². The number of guanidine groups is 1. The van der Waals surface area contributed by atoms with Crippen LogP contribution in [-0.4, -0.2) is 48.5 Å². The summed E-state index contributed by atoms with van der Waals surface area (Å²) in [6.07, 6.45) is 18.2. The van der Waals surface area contributed by atoms with Crippen molar-refractivity contribution in [1.29, 1.82) is 5.41 Å². The van der Waals surface area contributed by atoms with E-state index in [-0.39, 0.29) is 24.8 Å². The Labute approximate surface area is 191 Å². The lowest BCUT2D eigenvalue weighted by Crippen LogP contribution is -2.48. The van der Waals surface area contributed by atoms with Crippen molar-refractivity contribution < 1.29 is 0 Å². The second kappa shape index (κ2) is 11.4. The van der Waals surface area contributed by atoms with Crippen molar-refractivity contribution >= 4 is 30.8 Å². The minimum atomic E-state index is 0. The second-order valence-corrected chi connectivity index (χ2v) is 10.5. The first-order valence-electron chi connectivity index (χ1n) is 11.9. The number of nitrogens with zero attached hydrogens (tertiary/aromatic N) is 2. The molecule has 0 radical (unpaired) electrons. The molecule has 0 unspecified atom stereocenters. The molecule has 3 N–H and O–H groups in total. The predicted molar refractivity (Wildman–Crippen MR) is 127 cm³/mol. The fraction of sp³-hybridized carbons (Fsp3) is 0.957. The van der Waals surface area contributed by atoms with E-state index in [4.69, 9.17) is 11.1 Å². The normalized spacial score (nSPS) is 32.6. The van der Waals surface area contributed by atoms with Crippen LogP contribution in [0.5, 0.6) is 0 Å². The summed E-state index contributed by atoms with van der Waals surface area (Å²) in [6.45, 7) is 5.95. The van der Waals surface area contributed by atoms with E-state index in [0.29, 0.717) is 11.4 Å². The van der Waals surface area contributed by atoms with Crippen molar-refractivity contribution in [3.8, 4) is 0 Å². The molecular weight excluding hydrogens is 403 g/mol. The topological polar surface area (TPSA) is 56.4 Å². The van der Waals surface area contributed by atoms with Gasteiger partial charge in [0.15, 0.2) is 5.96 Å². The number of unbranched alkanes of at least 4 members (excludes halogenated alkanes) is 3. The Morgan fingerprint density at radius 2 is 1.41 bits per heavy atom. The molecule has 5 rings (SSSR count). The average Bonchev–Trinajstić information content (AvgIpc) is 3.12. The van der Waals surface area contributed by atoms with Gasteiger partial charge in [-0.05, 0) is 113 Å². The molecular formula is C23H44Cl2N4. The van der Waals surface area contributed by atoms with Crippen LogP contribution in [0.2, 0.25) is 0 Å². The molecule has 4 nitrogen and oxygen atoms in total. The lowest BCUT2D eigenvalue weighted by Gasteiger charge is -2.57. The quantitative estimate of drug-likeness (QED) is 0.272. The molecule has 4 saturated carbocycles. The Balaban J connectivity index is 0.00000150. The summed E-state index contributed by atoms with van der Waals surface area (Å²) < 4.78 is 0. The molecule has 0 atom stereocenters. The van der Waals surface area contributed by atoms with Gasteiger partial charge < -0.3 is 15.5 Å². The summed E-state index contributed by atoms with van der Waals surface area (Å²) >= 11 is 0. The predicted octanol–water partition coefficient (Wildman–Crippen LogP) is 5.29. The van der Waals surface area contributed by atoms with E-state index < -0.39 is 0 Å². The highest BCUT2D eigenvalue weighted by Crippen LogP contribution is 2.61. The van der Waals surface area contributed by atoms with Crippen LogP contribution in [0.1, 0.15) is 83.5 Å². The van der Waals surface area contributed by atoms with E-state index in [1.807, 2.05) is 0 Å². The van der Waals surface area contributed by atoms with Gasteiger partial charge in [0, 0.05) is 13.1 Å². The van der Waals surface area contributed by atoms with E-state index in [0.717, 1.165) is 30.8 Å². The fourth-order valence-electron chi connectivity index (χ4n) is 7.32. The van der Waals surface area contributed by atoms with Gasteiger partial charge in [-0.2, -0.15) is 0 Å². The van der Waals surface area contributed by atoms with Crippen molar-refractivity contribution in [3.05, 3.63) is 0 Å². The van der Waals surface area contributed by atoms with E-state index >= 15 is 0 Å². The van der Waals surface area contributed by atoms with Crippen LogP contribution in [0.4, 0.5) is 0 Å². The monoisotopic (exact) mass is 446 g/mol. The number of halogens is 2. The largest absolute Gasteiger partial charge is 0.370 e. The highest BCUT2D eigenvalue weighted by molar-refractivity contribution is 5.85. The van der Waals surface area contributed by atoms with Crippen molar-refractivity contribution in [2.75, 3.05) is 32.7 Å². The van der Waals surface area contributed by atoms with Gasteiger partial charge in [-0.15, -0.1) is 24.8 Å². The first-order chi connectivity index (χ1) is 13.1. The summed E-state index contributed by atoms with van der Waals surface area (Å²) in [6, 6.07) is 0. The number of hydrogen-bond acceptors (Lipinski definition) is 2. The molecule has 4 aliphatic carbocycles. The van der Waals surface area contributed by atoms with Gasteiger partial charge in [-0.3, -0.25) is 5.41 Å². The number of nitrogens with one attached hydrogen (secondary N) is 1. The molecule has 5 fully saturated rings. The fourth-order valence-corrected chi connectivity index (χ4v) is 7.32. The Morgan fingerprint density at radius 3 is 1.97 bits per heavy atom. The molecule has 1 saturated heterocycles. The number of hydrogen-bond donors (Lipinski definition) is 2. The van der Waals surface area contributed by atoms with Crippen LogP contribution >= 0.6 is 24.8 Å². The van der Waals surface area contributed by atoms with Crippen LogP contribution in [0.25, 0.3) is 0 Å². The van der Waals surface area contributed by atoms with Crippen LogP contribution in [0.3, 0.4) is 0 Å². The Bertz CT molecular complexity index is 472. The SMILES string of the molecule is Cl.Cl.N=C(N)N(CCCCCCN1CCCC1)CCC12CC3CC(CC(C3)C1)C2. The molecule has 0 spiro atoms. The van der Waals surface area contributed by atoms with Crippen molar-refractivity contribution in [2.24, 2.45) is 28.9 Å². The first-order valence-corrected chi connectivity index (χ1v) is 11.9. The van der Waals surface area contributed by atoms with Gasteiger partial charge in [0.2, 0.25) is 0 Å². The van der Waals surface area contributed by atoms with E-state index in [9.17, 15) is 0 Å². The molecule has 5 aliphatic rings. The molecule has 6 heteroatoms. The van der Waals surface area contributed by atoms with E-state index in [1.165, 1.54) is 103 Å². The third-order valence-corrected chi connectivity index (χ3v) is 8.27. The standard InChI is InChI=1S/C23H42N4.2ClH/c24-22(25)27(11-4-2-1-3-8-26-9-5-6-10-26)12-7-23-16-19-13-20(17-23)15-21(14-19)18-23;;/h19-21H,1-18H2,(H3,24,25);2*1H. The smallest absolute Gasteiger partial charge is 0.188 e. The molecule has 0 aromatic heterocycles. The van der Waals surface area contributed by atoms with Gasteiger partial charge in [0.05, 0.1) is 0 Å². The molecule has 1 aliphatic heterocycles. The summed E-state index contributed by atoms with van der Waals surface area (Å²) in [5.74, 6) is 3.38. The van der Waals surface area contributed by atoms with Gasteiger partial charge in [0.25, 0.3) is 0 Å². The Kier molecular flexibility index (Phi) is 9.89. The zero-order valence-corrected chi connectivity index (χ0v) is 19.9. The van der Waals surface area contributed by atoms with Crippen LogP contribution in [0.15, 0.2) is 0 Å². The van der Waals surface area contributed by atoms with Crippen LogP contribution in [-0.2, 0) is 0 Å². The zero-order valence-electron chi connectivity index (χ0n) is 18.2. The van der Waals surface area contributed by atoms with E-state index in [2.05, 4.69) is 9.80 Å². The summed E-state index contributed by atoms with van der Waals surface area (Å²) in [5.41, 5.74) is 6.55. The molecule has 0 aromatic carbocycles. The Hall–Kier alpha value is -0.190. The first kappa shape index (κ1) is 25.1.